The minimum absolute atomic E-state index is 0.108. The van der Waals surface area contributed by atoms with Gasteiger partial charge in [0.25, 0.3) is 0 Å². The molecule has 7 nitrogen and oxygen atoms in total. The topological polar surface area (TPSA) is 81.4 Å². The highest BCUT2D eigenvalue weighted by Gasteiger charge is 2.33. The highest BCUT2D eigenvalue weighted by Crippen LogP contribution is 2.50. The quantitative estimate of drug-likeness (QED) is 0.373. The number of para-hydroxylation sites is 2. The fourth-order valence-electron chi connectivity index (χ4n) is 4.64. The number of ether oxygens (including phenoxy) is 2. The number of phenols is 1. The number of nitrogens with one attached hydrogen (secondary N) is 1. The Labute approximate surface area is 194 Å². The SMILES string of the molecule is COCc1cc(C)nc2sc3c(c12)N[C@H](c1ccc(O)c(OC)c1)n1c-3nc2ccccc21. The third-order valence-corrected chi connectivity index (χ3v) is 7.11. The van der Waals surface area contributed by atoms with Crippen molar-refractivity contribution in [2.75, 3.05) is 19.5 Å². The molecular formula is C25H22N4O3S. The van der Waals surface area contributed by atoms with E-state index < -0.39 is 0 Å². The normalized spacial score (nSPS) is 14.8. The third-order valence-electron chi connectivity index (χ3n) is 6.03. The summed E-state index contributed by atoms with van der Waals surface area (Å²) in [6.07, 6.45) is -0.246. The van der Waals surface area contributed by atoms with Crippen molar-refractivity contribution in [3.05, 3.63) is 65.4 Å². The number of imidazole rings is 1. The van der Waals surface area contributed by atoms with Crippen LogP contribution in [0.15, 0.2) is 48.5 Å². The van der Waals surface area contributed by atoms with Crippen LogP contribution >= 0.6 is 11.3 Å². The molecule has 5 aromatic rings. The first kappa shape index (κ1) is 20.0. The monoisotopic (exact) mass is 458 g/mol. The van der Waals surface area contributed by atoms with E-state index in [1.165, 1.54) is 0 Å². The van der Waals surface area contributed by atoms with Gasteiger partial charge in [-0.3, -0.25) is 4.57 Å². The van der Waals surface area contributed by atoms with Gasteiger partial charge in [0.15, 0.2) is 17.3 Å². The van der Waals surface area contributed by atoms with Crippen LogP contribution in [0.4, 0.5) is 5.69 Å². The molecule has 1 aliphatic heterocycles. The highest BCUT2D eigenvalue weighted by molar-refractivity contribution is 7.22. The van der Waals surface area contributed by atoms with Crippen molar-refractivity contribution in [1.29, 1.82) is 0 Å². The van der Waals surface area contributed by atoms with Gasteiger partial charge in [-0.05, 0) is 48.4 Å². The zero-order valence-electron chi connectivity index (χ0n) is 18.4. The van der Waals surface area contributed by atoms with Gasteiger partial charge in [0, 0.05) is 18.2 Å². The molecule has 0 saturated carbocycles. The molecule has 166 valence electrons. The average molecular weight is 459 g/mol. The molecule has 0 radical (unpaired) electrons. The number of fused-ring (bicyclic) bond motifs is 7. The zero-order valence-corrected chi connectivity index (χ0v) is 19.2. The minimum Gasteiger partial charge on any atom is -0.504 e. The molecule has 1 atom stereocenters. The van der Waals surface area contributed by atoms with E-state index >= 15 is 0 Å². The van der Waals surface area contributed by atoms with Crippen LogP contribution in [0, 0.1) is 6.92 Å². The van der Waals surface area contributed by atoms with E-state index in [-0.39, 0.29) is 11.9 Å². The van der Waals surface area contributed by atoms with Gasteiger partial charge in [-0.1, -0.05) is 18.2 Å². The standard InChI is InChI=1S/C25H22N4O3S/c1-13-10-15(12-31-2)20-21-22(33-25(20)26-13)24-27-16-6-4-5-7-17(16)29(24)23(28-21)14-8-9-18(30)19(11-14)32-3/h4-11,23,28,30H,12H2,1-3H3/t23-/m0/s1. The van der Waals surface area contributed by atoms with Crippen LogP contribution in [0.25, 0.3) is 32.0 Å². The van der Waals surface area contributed by atoms with Gasteiger partial charge in [-0.25, -0.2) is 9.97 Å². The molecule has 0 unspecified atom stereocenters. The Hall–Kier alpha value is -3.62. The van der Waals surface area contributed by atoms with Gasteiger partial charge in [0.05, 0.1) is 35.3 Å². The van der Waals surface area contributed by atoms with E-state index in [0.29, 0.717) is 12.4 Å². The Kier molecular flexibility index (Phi) is 4.53. The molecule has 2 aromatic carbocycles. The zero-order chi connectivity index (χ0) is 22.7. The van der Waals surface area contributed by atoms with Gasteiger partial charge in [-0.15, -0.1) is 11.3 Å². The van der Waals surface area contributed by atoms with E-state index in [9.17, 15) is 5.11 Å². The summed E-state index contributed by atoms with van der Waals surface area (Å²) in [5.74, 6) is 1.43. The Morgan fingerprint density at radius 3 is 2.79 bits per heavy atom. The van der Waals surface area contributed by atoms with Crippen LogP contribution in [-0.4, -0.2) is 33.9 Å². The summed E-state index contributed by atoms with van der Waals surface area (Å²) < 4.78 is 13.1. The summed E-state index contributed by atoms with van der Waals surface area (Å²) in [6.45, 7) is 2.50. The van der Waals surface area contributed by atoms with Crippen LogP contribution in [-0.2, 0) is 11.3 Å². The number of aryl methyl sites for hydroxylation is 1. The molecular weight excluding hydrogens is 436 g/mol. The van der Waals surface area contributed by atoms with Gasteiger partial charge in [0.2, 0.25) is 0 Å². The molecule has 2 N–H and O–H groups in total. The number of anilines is 1. The van der Waals surface area contributed by atoms with E-state index in [1.54, 1.807) is 31.6 Å². The summed E-state index contributed by atoms with van der Waals surface area (Å²) >= 11 is 1.64. The van der Waals surface area contributed by atoms with E-state index in [1.807, 2.05) is 37.3 Å². The number of aromatic nitrogens is 3. The molecule has 6 rings (SSSR count). The van der Waals surface area contributed by atoms with Crippen molar-refractivity contribution in [2.24, 2.45) is 0 Å². The number of pyridine rings is 1. The maximum absolute atomic E-state index is 10.2. The second-order valence-corrected chi connectivity index (χ2v) is 9.11. The maximum Gasteiger partial charge on any atom is 0.160 e. The van der Waals surface area contributed by atoms with Crippen LogP contribution in [0.3, 0.4) is 0 Å². The lowest BCUT2D eigenvalue weighted by atomic mass is 10.1. The number of methoxy groups -OCH3 is 2. The summed E-state index contributed by atoms with van der Waals surface area (Å²) in [5.41, 5.74) is 5.97. The number of benzene rings is 2. The van der Waals surface area contributed by atoms with Crippen molar-refractivity contribution < 1.29 is 14.6 Å². The van der Waals surface area contributed by atoms with Gasteiger partial charge in [-0.2, -0.15) is 0 Å². The number of aromatic hydroxyl groups is 1. The molecule has 0 fully saturated rings. The lowest BCUT2D eigenvalue weighted by molar-refractivity contribution is 0.186. The fourth-order valence-corrected chi connectivity index (χ4v) is 5.86. The molecule has 8 heteroatoms. The second kappa shape index (κ2) is 7.47. The molecule has 0 aliphatic carbocycles. The molecule has 3 aromatic heterocycles. The first-order valence-corrected chi connectivity index (χ1v) is 11.4. The fraction of sp³-hybridized carbons (Fsp3) is 0.200. The number of hydrogen-bond acceptors (Lipinski definition) is 7. The number of nitrogens with zero attached hydrogens (tertiary/aromatic N) is 3. The molecule has 1 aliphatic rings. The molecule has 0 amide bonds. The van der Waals surface area contributed by atoms with Crippen molar-refractivity contribution in [3.63, 3.8) is 0 Å². The third kappa shape index (κ3) is 2.98. The van der Waals surface area contributed by atoms with Crippen LogP contribution in [0.1, 0.15) is 23.0 Å². The lowest BCUT2D eigenvalue weighted by Gasteiger charge is -2.29. The summed E-state index contributed by atoms with van der Waals surface area (Å²) in [6, 6.07) is 15.6. The molecule has 0 bridgehead atoms. The number of phenolic OH excluding ortho intramolecular Hbond substituents is 1. The maximum atomic E-state index is 10.2. The average Bonchev–Trinajstić information content (AvgIpc) is 3.37. The predicted octanol–water partition coefficient (Wildman–Crippen LogP) is 5.45. The summed E-state index contributed by atoms with van der Waals surface area (Å²) in [7, 11) is 3.26. The van der Waals surface area contributed by atoms with Gasteiger partial charge < -0.3 is 19.9 Å². The first-order valence-electron chi connectivity index (χ1n) is 10.6. The summed E-state index contributed by atoms with van der Waals surface area (Å²) in [5, 5.41) is 15.0. The van der Waals surface area contributed by atoms with Crippen molar-refractivity contribution in [3.8, 4) is 22.2 Å². The Balaban J connectivity index is 1.67. The molecule has 4 heterocycles. The molecule has 0 saturated heterocycles. The Morgan fingerprint density at radius 1 is 1.12 bits per heavy atom. The van der Waals surface area contributed by atoms with Gasteiger partial charge >= 0.3 is 0 Å². The highest BCUT2D eigenvalue weighted by atomic mass is 32.1. The van der Waals surface area contributed by atoms with E-state index in [4.69, 9.17) is 19.4 Å². The second-order valence-electron chi connectivity index (χ2n) is 8.11. The van der Waals surface area contributed by atoms with Crippen molar-refractivity contribution in [2.45, 2.75) is 19.7 Å². The van der Waals surface area contributed by atoms with Crippen LogP contribution in [0.2, 0.25) is 0 Å². The predicted molar refractivity (Wildman–Crippen MR) is 130 cm³/mol. The molecule has 0 spiro atoms. The van der Waals surface area contributed by atoms with Crippen LogP contribution < -0.4 is 10.1 Å². The largest absolute Gasteiger partial charge is 0.504 e. The first-order chi connectivity index (χ1) is 16.1. The lowest BCUT2D eigenvalue weighted by Crippen LogP contribution is -2.24. The summed E-state index contributed by atoms with van der Waals surface area (Å²) in [4.78, 5) is 11.9. The van der Waals surface area contributed by atoms with Gasteiger partial charge in [0.1, 0.15) is 11.0 Å². The van der Waals surface area contributed by atoms with E-state index in [0.717, 1.165) is 54.5 Å². The minimum atomic E-state index is -0.246. The molecule has 33 heavy (non-hydrogen) atoms. The van der Waals surface area contributed by atoms with E-state index in [2.05, 4.69) is 22.0 Å². The number of hydrogen-bond donors (Lipinski definition) is 2. The van der Waals surface area contributed by atoms with Crippen molar-refractivity contribution in [1.82, 2.24) is 14.5 Å². The number of thiophene rings is 1. The smallest absolute Gasteiger partial charge is 0.160 e. The Morgan fingerprint density at radius 2 is 1.97 bits per heavy atom. The number of rotatable bonds is 4. The van der Waals surface area contributed by atoms with Crippen molar-refractivity contribution >= 4 is 38.3 Å². The van der Waals surface area contributed by atoms with Crippen LogP contribution in [0.5, 0.6) is 11.5 Å². The Bertz CT molecular complexity index is 1540.